The average Bonchev–Trinajstić information content (AvgIpc) is 2.80. The van der Waals surface area contributed by atoms with Gasteiger partial charge in [-0.05, 0) is 51.7 Å². The molecule has 0 atom stereocenters. The van der Waals surface area contributed by atoms with E-state index in [4.69, 9.17) is 11.6 Å². The fourth-order valence-electron chi connectivity index (χ4n) is 6.38. The Morgan fingerprint density at radius 1 is 0.444 bits per heavy atom. The topological polar surface area (TPSA) is 9.72 Å². The molecule has 0 aromatic carbocycles. The Morgan fingerprint density at radius 2 is 0.644 bits per heavy atom. The summed E-state index contributed by atoms with van der Waals surface area (Å²) in [4.78, 5) is 0. The van der Waals surface area contributed by atoms with E-state index in [9.17, 15) is 0 Å². The molecule has 0 aromatic heterocycles. The molecule has 45 heavy (non-hydrogen) atoms. The van der Waals surface area contributed by atoms with Gasteiger partial charge in [0.15, 0.2) is 0 Å². The molecule has 0 aromatic rings. The van der Waals surface area contributed by atoms with Crippen molar-refractivity contribution in [2.24, 2.45) is 0 Å². The minimum absolute atomic E-state index is 0.797. The zero-order chi connectivity index (χ0) is 36.7. The SMILES string of the molecule is C=CC(=C)CCCN([Si](C)(C)C)[Si](C)(C)C.C=CC(=C)CCCN([Si](C)(C)C)[Si](C)(C)C.C[Si](C)(C)N(CCCCl)[Si](C)(C)C. The molecule has 0 saturated carbocycles. The van der Waals surface area contributed by atoms with Crippen LogP contribution in [0.3, 0.4) is 0 Å². The Kier molecular flexibility index (Phi) is 23.8. The van der Waals surface area contributed by atoms with Crippen molar-refractivity contribution in [2.75, 3.05) is 25.5 Å². The van der Waals surface area contributed by atoms with Crippen molar-refractivity contribution in [1.82, 2.24) is 12.7 Å². The maximum Gasteiger partial charge on any atom is 0.112 e. The third kappa shape index (κ3) is 25.1. The zero-order valence-corrected chi connectivity index (χ0v) is 40.8. The molecule has 0 saturated heterocycles. The summed E-state index contributed by atoms with van der Waals surface area (Å²) in [7, 11) is -6.90. The Hall–Kier alpha value is 0.431. The fraction of sp³-hybridized carbons (Fsp3) is 0.771. The smallest absolute Gasteiger partial charge is 0.112 e. The van der Waals surface area contributed by atoms with Gasteiger partial charge >= 0.3 is 0 Å². The molecule has 0 amide bonds. The first-order valence-electron chi connectivity index (χ1n) is 17.4. The second-order valence-electron chi connectivity index (χ2n) is 18.5. The number of allylic oxidation sites excluding steroid dienone is 4. The summed E-state index contributed by atoms with van der Waals surface area (Å²) in [6.45, 7) is 63.2. The lowest BCUT2D eigenvalue weighted by Gasteiger charge is -2.43. The normalized spacial score (nSPS) is 13.2. The highest BCUT2D eigenvalue weighted by molar-refractivity contribution is 6.90. The molecule has 268 valence electrons. The summed E-state index contributed by atoms with van der Waals surface area (Å²) in [5.74, 6) is 0.797. The summed E-state index contributed by atoms with van der Waals surface area (Å²) < 4.78 is 8.44. The monoisotopic (exact) mass is 747 g/mol. The quantitative estimate of drug-likeness (QED) is 0.0740. The number of nitrogens with zero attached hydrogens (tertiary/aromatic N) is 3. The Labute approximate surface area is 297 Å². The van der Waals surface area contributed by atoms with E-state index in [1.807, 2.05) is 12.2 Å². The van der Waals surface area contributed by atoms with Gasteiger partial charge in [0.05, 0.1) is 0 Å². The van der Waals surface area contributed by atoms with Gasteiger partial charge < -0.3 is 12.7 Å². The number of alkyl halides is 1. The lowest BCUT2D eigenvalue weighted by atomic mass is 10.2. The van der Waals surface area contributed by atoms with Crippen LogP contribution in [0.25, 0.3) is 0 Å². The van der Waals surface area contributed by atoms with E-state index in [1.165, 1.54) is 43.6 Å². The molecule has 0 aliphatic carbocycles. The van der Waals surface area contributed by atoms with E-state index in [0.717, 1.165) is 25.1 Å². The van der Waals surface area contributed by atoms with Crippen LogP contribution < -0.4 is 0 Å². The maximum atomic E-state index is 5.75. The van der Waals surface area contributed by atoms with Crippen molar-refractivity contribution >= 4 is 61.0 Å². The standard InChI is InChI=1S/2C13H29NSi2.C9H24ClNSi2/c2*1-9-13(2)11-10-12-14(15(3,4)5)16(6,7)8;1-12(2,3)11(9-7-8-10)13(4,5)6/h2*9H,1-2,10-12H2,3-8H3;7-9H2,1-6H3. The number of hydrogen-bond donors (Lipinski definition) is 0. The summed E-state index contributed by atoms with van der Waals surface area (Å²) in [5.41, 5.74) is 2.34. The summed E-state index contributed by atoms with van der Waals surface area (Å²) in [5, 5.41) is 0. The lowest BCUT2D eigenvalue weighted by molar-refractivity contribution is 0.581. The van der Waals surface area contributed by atoms with Crippen LogP contribution in [0.2, 0.25) is 118 Å². The molecule has 3 nitrogen and oxygen atoms in total. The Balaban J connectivity index is -0.000000592. The molecule has 0 unspecified atom stereocenters. The second-order valence-corrected chi connectivity index (χ2v) is 49.5. The van der Waals surface area contributed by atoms with Gasteiger partial charge in [-0.3, -0.25) is 0 Å². The van der Waals surface area contributed by atoms with Crippen LogP contribution in [0.5, 0.6) is 0 Å². The van der Waals surface area contributed by atoms with Crippen LogP contribution in [0.15, 0.2) is 49.6 Å². The highest BCUT2D eigenvalue weighted by Gasteiger charge is 2.35. The maximum absolute atomic E-state index is 5.75. The van der Waals surface area contributed by atoms with Crippen LogP contribution >= 0.6 is 11.6 Å². The Morgan fingerprint density at radius 3 is 0.800 bits per heavy atom. The molecule has 0 aliphatic rings. The van der Waals surface area contributed by atoms with Crippen LogP contribution in [-0.2, 0) is 0 Å². The minimum Gasteiger partial charge on any atom is -0.346 e. The molecule has 0 heterocycles. The molecule has 0 fully saturated rings. The van der Waals surface area contributed by atoms with E-state index in [-0.39, 0.29) is 0 Å². The second kappa shape index (κ2) is 21.5. The van der Waals surface area contributed by atoms with Gasteiger partial charge in [0.2, 0.25) is 0 Å². The highest BCUT2D eigenvalue weighted by atomic mass is 35.5. The first-order chi connectivity index (χ1) is 19.9. The summed E-state index contributed by atoms with van der Waals surface area (Å²) in [6, 6.07) is 0. The molecule has 0 rings (SSSR count). The van der Waals surface area contributed by atoms with Crippen LogP contribution in [0.1, 0.15) is 32.1 Å². The third-order valence-corrected chi connectivity index (χ3v) is 31.1. The van der Waals surface area contributed by atoms with Crippen molar-refractivity contribution in [1.29, 1.82) is 0 Å². The minimum atomic E-state index is -1.16. The molecule has 0 spiro atoms. The van der Waals surface area contributed by atoms with Gasteiger partial charge in [0, 0.05) is 5.88 Å². The largest absolute Gasteiger partial charge is 0.346 e. The van der Waals surface area contributed by atoms with Crippen LogP contribution in [-0.4, -0.2) is 87.6 Å². The number of hydrogen-bond acceptors (Lipinski definition) is 3. The molecular formula is C35H82ClN3Si6. The molecule has 0 aliphatic heterocycles. The van der Waals surface area contributed by atoms with Gasteiger partial charge in [-0.1, -0.05) is 167 Å². The van der Waals surface area contributed by atoms with E-state index in [0.29, 0.717) is 0 Å². The highest BCUT2D eigenvalue weighted by Crippen LogP contribution is 2.23. The van der Waals surface area contributed by atoms with E-state index in [1.54, 1.807) is 0 Å². The van der Waals surface area contributed by atoms with Crippen LogP contribution in [0, 0.1) is 0 Å². The zero-order valence-electron chi connectivity index (χ0n) is 34.1. The molecular weight excluding hydrogens is 666 g/mol. The van der Waals surface area contributed by atoms with Gasteiger partial charge in [0.25, 0.3) is 0 Å². The van der Waals surface area contributed by atoms with E-state index < -0.39 is 49.4 Å². The van der Waals surface area contributed by atoms with Gasteiger partial charge in [-0.15, -0.1) is 11.6 Å². The van der Waals surface area contributed by atoms with Crippen molar-refractivity contribution in [3.05, 3.63) is 49.6 Å². The number of rotatable bonds is 19. The van der Waals surface area contributed by atoms with Crippen molar-refractivity contribution in [3.63, 3.8) is 0 Å². The molecule has 10 heteroatoms. The van der Waals surface area contributed by atoms with Crippen molar-refractivity contribution in [3.8, 4) is 0 Å². The molecule has 0 N–H and O–H groups in total. The molecule has 0 radical (unpaired) electrons. The lowest BCUT2D eigenvalue weighted by Crippen LogP contribution is -2.59. The average molecular weight is 749 g/mol. The third-order valence-electron chi connectivity index (χ3n) is 7.71. The van der Waals surface area contributed by atoms with Crippen molar-refractivity contribution < 1.29 is 0 Å². The van der Waals surface area contributed by atoms with Gasteiger partial charge in [-0.25, -0.2) is 0 Å². The van der Waals surface area contributed by atoms with E-state index in [2.05, 4.69) is 157 Å². The summed E-state index contributed by atoms with van der Waals surface area (Å²) in [6.07, 6.45) is 9.53. The molecule has 0 bridgehead atoms. The Bertz CT molecular complexity index is 771. The first kappa shape index (κ1) is 49.8. The van der Waals surface area contributed by atoms with Crippen molar-refractivity contribution in [2.45, 2.75) is 150 Å². The van der Waals surface area contributed by atoms with Gasteiger partial charge in [-0.2, -0.15) is 0 Å². The van der Waals surface area contributed by atoms with E-state index >= 15 is 0 Å². The fourth-order valence-corrected chi connectivity index (χ4v) is 35.6. The summed E-state index contributed by atoms with van der Waals surface area (Å²) >= 11 is 5.75. The predicted octanol–water partition coefficient (Wildman–Crippen LogP) is 12.5. The van der Waals surface area contributed by atoms with Crippen LogP contribution in [0.4, 0.5) is 0 Å². The predicted molar refractivity (Wildman–Crippen MR) is 233 cm³/mol. The first-order valence-corrected chi connectivity index (χ1v) is 38.6. The van der Waals surface area contributed by atoms with Gasteiger partial charge in [0.1, 0.15) is 49.4 Å². The number of halogens is 1.